The third kappa shape index (κ3) is 2.60. The van der Waals surface area contributed by atoms with Crippen molar-refractivity contribution in [1.82, 2.24) is 19.9 Å². The summed E-state index contributed by atoms with van der Waals surface area (Å²) >= 11 is 0. The minimum absolute atomic E-state index is 0.113. The van der Waals surface area contributed by atoms with Gasteiger partial charge in [-0.1, -0.05) is 29.0 Å². The quantitative estimate of drug-likeness (QED) is 0.722. The average molecular weight is 346 g/mol. The maximum atomic E-state index is 12.5. The lowest BCUT2D eigenvalue weighted by Crippen LogP contribution is -2.30. The van der Waals surface area contributed by atoms with Gasteiger partial charge in [0.15, 0.2) is 0 Å². The third-order valence-electron chi connectivity index (χ3n) is 5.01. The maximum absolute atomic E-state index is 12.5. The van der Waals surface area contributed by atoms with Crippen molar-refractivity contribution < 1.29 is 4.79 Å². The summed E-state index contributed by atoms with van der Waals surface area (Å²) in [7, 11) is 0. The predicted octanol–water partition coefficient (Wildman–Crippen LogP) is 3.92. The van der Waals surface area contributed by atoms with Crippen molar-refractivity contribution >= 4 is 5.91 Å². The van der Waals surface area contributed by atoms with Gasteiger partial charge in [-0.15, -0.1) is 5.10 Å². The van der Waals surface area contributed by atoms with E-state index in [1.54, 1.807) is 0 Å². The first kappa shape index (κ1) is 16.5. The molecule has 1 aromatic heterocycles. The molecule has 0 unspecified atom stereocenters. The standard InChI is InChI=1S/C21H22N4O/c1-13(2)24-12-17-11-16(7-10-19(17)21(24)26)20-15(4)25(23-22-20)18-8-5-14(3)6-9-18/h5-11,13H,12H2,1-4H3. The van der Waals surface area contributed by atoms with Gasteiger partial charge in [-0.25, -0.2) is 4.68 Å². The van der Waals surface area contributed by atoms with Crippen molar-refractivity contribution in [2.24, 2.45) is 0 Å². The van der Waals surface area contributed by atoms with E-state index in [9.17, 15) is 4.79 Å². The fourth-order valence-electron chi connectivity index (χ4n) is 3.43. The summed E-state index contributed by atoms with van der Waals surface area (Å²) in [5.74, 6) is 0.113. The zero-order valence-corrected chi connectivity index (χ0v) is 15.5. The fraction of sp³-hybridized carbons (Fsp3) is 0.286. The second-order valence-electron chi connectivity index (χ2n) is 7.17. The van der Waals surface area contributed by atoms with E-state index < -0.39 is 0 Å². The number of amides is 1. The van der Waals surface area contributed by atoms with Crippen molar-refractivity contribution in [2.45, 2.75) is 40.3 Å². The van der Waals surface area contributed by atoms with Crippen molar-refractivity contribution in [2.75, 3.05) is 0 Å². The minimum Gasteiger partial charge on any atom is -0.332 e. The molecule has 0 fully saturated rings. The first-order valence-electron chi connectivity index (χ1n) is 8.89. The molecule has 5 heteroatoms. The molecule has 1 amide bonds. The van der Waals surface area contributed by atoms with Crippen LogP contribution in [0.15, 0.2) is 42.5 Å². The van der Waals surface area contributed by atoms with Gasteiger partial charge in [-0.3, -0.25) is 4.79 Å². The largest absolute Gasteiger partial charge is 0.332 e. The fourth-order valence-corrected chi connectivity index (χ4v) is 3.43. The number of carbonyl (C=O) groups is 1. The Morgan fingerprint density at radius 2 is 1.77 bits per heavy atom. The van der Waals surface area contributed by atoms with Gasteiger partial charge < -0.3 is 4.90 Å². The monoisotopic (exact) mass is 346 g/mol. The Bertz CT molecular complexity index is 986. The zero-order valence-electron chi connectivity index (χ0n) is 15.5. The van der Waals surface area contributed by atoms with Crippen LogP contribution in [0.5, 0.6) is 0 Å². The molecular weight excluding hydrogens is 324 g/mol. The second-order valence-corrected chi connectivity index (χ2v) is 7.17. The lowest BCUT2D eigenvalue weighted by Gasteiger charge is -2.19. The SMILES string of the molecule is Cc1ccc(-n2nnc(-c3ccc4c(c3)CN(C(C)C)C4=O)c2C)cc1. The number of rotatable bonds is 3. The summed E-state index contributed by atoms with van der Waals surface area (Å²) < 4.78 is 1.85. The van der Waals surface area contributed by atoms with Gasteiger partial charge in [0.2, 0.25) is 0 Å². The summed E-state index contributed by atoms with van der Waals surface area (Å²) in [5, 5.41) is 8.73. The Kier molecular flexibility index (Phi) is 3.87. The molecule has 0 aliphatic carbocycles. The van der Waals surface area contributed by atoms with Gasteiger partial charge in [0.1, 0.15) is 5.69 Å². The van der Waals surface area contributed by atoms with Crippen LogP contribution in [0.1, 0.15) is 41.0 Å². The molecule has 0 bridgehead atoms. The number of fused-ring (bicyclic) bond motifs is 1. The first-order valence-corrected chi connectivity index (χ1v) is 8.89. The van der Waals surface area contributed by atoms with Crippen LogP contribution < -0.4 is 0 Å². The molecular formula is C21H22N4O. The van der Waals surface area contributed by atoms with E-state index >= 15 is 0 Å². The topological polar surface area (TPSA) is 51.0 Å². The normalized spacial score (nSPS) is 13.6. The van der Waals surface area contributed by atoms with Gasteiger partial charge in [0.05, 0.1) is 11.4 Å². The molecule has 4 rings (SSSR count). The van der Waals surface area contributed by atoms with Crippen LogP contribution in [0.25, 0.3) is 16.9 Å². The van der Waals surface area contributed by atoms with Crippen LogP contribution in [0.3, 0.4) is 0 Å². The highest BCUT2D eigenvalue weighted by Gasteiger charge is 2.29. The van der Waals surface area contributed by atoms with Gasteiger partial charge in [-0.05, 0) is 57.5 Å². The molecule has 0 atom stereocenters. The molecule has 0 N–H and O–H groups in total. The molecule has 0 spiro atoms. The summed E-state index contributed by atoms with van der Waals surface area (Å²) in [6.07, 6.45) is 0. The van der Waals surface area contributed by atoms with Crippen LogP contribution in [-0.2, 0) is 6.54 Å². The van der Waals surface area contributed by atoms with E-state index in [1.807, 2.05) is 54.6 Å². The Morgan fingerprint density at radius 3 is 2.46 bits per heavy atom. The Hall–Kier alpha value is -2.95. The smallest absolute Gasteiger partial charge is 0.254 e. The van der Waals surface area contributed by atoms with E-state index in [1.165, 1.54) is 5.56 Å². The Labute approximate surface area is 153 Å². The predicted molar refractivity (Wildman–Crippen MR) is 101 cm³/mol. The average Bonchev–Trinajstić information content (AvgIpc) is 3.16. The first-order chi connectivity index (χ1) is 12.5. The molecule has 3 aromatic rings. The summed E-state index contributed by atoms with van der Waals surface area (Å²) in [5.41, 5.74) is 6.90. The number of hydrogen-bond donors (Lipinski definition) is 0. The van der Waals surface area contributed by atoms with Crippen LogP contribution in [-0.4, -0.2) is 31.8 Å². The lowest BCUT2D eigenvalue weighted by atomic mass is 10.0. The van der Waals surface area contributed by atoms with Crippen molar-refractivity contribution in [3.8, 4) is 16.9 Å². The van der Waals surface area contributed by atoms with Gasteiger partial charge >= 0.3 is 0 Å². The summed E-state index contributed by atoms with van der Waals surface area (Å²) in [6.45, 7) is 8.83. The van der Waals surface area contributed by atoms with Gasteiger partial charge in [0, 0.05) is 23.7 Å². The van der Waals surface area contributed by atoms with Crippen LogP contribution >= 0.6 is 0 Å². The van der Waals surface area contributed by atoms with E-state index in [4.69, 9.17) is 0 Å². The van der Waals surface area contributed by atoms with E-state index in [0.29, 0.717) is 6.54 Å². The number of hydrogen-bond acceptors (Lipinski definition) is 3. The number of aromatic nitrogens is 3. The molecule has 26 heavy (non-hydrogen) atoms. The van der Waals surface area contributed by atoms with Crippen molar-refractivity contribution in [3.63, 3.8) is 0 Å². The van der Waals surface area contributed by atoms with Gasteiger partial charge in [0.25, 0.3) is 5.91 Å². The number of aryl methyl sites for hydroxylation is 1. The molecule has 0 saturated heterocycles. The molecule has 1 aliphatic heterocycles. The highest BCUT2D eigenvalue weighted by molar-refractivity contribution is 5.99. The Morgan fingerprint density at radius 1 is 1.04 bits per heavy atom. The molecule has 1 aliphatic rings. The van der Waals surface area contributed by atoms with E-state index in [-0.39, 0.29) is 11.9 Å². The van der Waals surface area contributed by atoms with Crippen molar-refractivity contribution in [3.05, 3.63) is 64.8 Å². The molecule has 0 saturated carbocycles. The Balaban J connectivity index is 1.71. The number of benzene rings is 2. The zero-order chi connectivity index (χ0) is 18.4. The lowest BCUT2D eigenvalue weighted by molar-refractivity contribution is 0.0730. The van der Waals surface area contributed by atoms with Crippen molar-refractivity contribution in [1.29, 1.82) is 0 Å². The molecule has 0 radical (unpaired) electrons. The second kappa shape index (κ2) is 6.09. The highest BCUT2D eigenvalue weighted by atomic mass is 16.2. The minimum atomic E-state index is 0.113. The number of carbonyl (C=O) groups excluding carboxylic acids is 1. The van der Waals surface area contributed by atoms with Gasteiger partial charge in [-0.2, -0.15) is 0 Å². The van der Waals surface area contributed by atoms with Crippen LogP contribution in [0, 0.1) is 13.8 Å². The highest BCUT2D eigenvalue weighted by Crippen LogP contribution is 2.30. The summed E-state index contributed by atoms with van der Waals surface area (Å²) in [6, 6.07) is 14.4. The molecule has 2 heterocycles. The summed E-state index contributed by atoms with van der Waals surface area (Å²) in [4.78, 5) is 14.4. The molecule has 132 valence electrons. The molecule has 2 aromatic carbocycles. The van der Waals surface area contributed by atoms with E-state index in [2.05, 4.69) is 35.4 Å². The maximum Gasteiger partial charge on any atom is 0.254 e. The third-order valence-corrected chi connectivity index (χ3v) is 5.01. The van der Waals surface area contributed by atoms with E-state index in [0.717, 1.165) is 33.8 Å². The number of nitrogens with zero attached hydrogens (tertiary/aromatic N) is 4. The van der Waals surface area contributed by atoms with Crippen LogP contribution in [0.2, 0.25) is 0 Å². The van der Waals surface area contributed by atoms with Crippen LogP contribution in [0.4, 0.5) is 0 Å². The molecule has 5 nitrogen and oxygen atoms in total.